The van der Waals surface area contributed by atoms with Gasteiger partial charge in [-0.05, 0) is 31.7 Å². The molecule has 0 fully saturated rings. The number of benzene rings is 1. The van der Waals surface area contributed by atoms with Crippen molar-refractivity contribution >= 4 is 11.6 Å². The summed E-state index contributed by atoms with van der Waals surface area (Å²) in [6.07, 6.45) is 0. The highest BCUT2D eigenvalue weighted by Gasteiger charge is 2.08. The molecule has 0 atom stereocenters. The molecule has 2 aromatic rings. The lowest BCUT2D eigenvalue weighted by Gasteiger charge is -2.06. The molecule has 1 heterocycles. The summed E-state index contributed by atoms with van der Waals surface area (Å²) in [5.74, 6) is 2.51. The largest absolute Gasteiger partial charge is 0.487 e. The first-order chi connectivity index (χ1) is 9.20. The molecule has 0 saturated carbocycles. The maximum atomic E-state index is 6.05. The Bertz CT molecular complexity index is 537. The number of nitrogens with one attached hydrogen (secondary N) is 1. The van der Waals surface area contributed by atoms with Crippen molar-refractivity contribution in [2.24, 2.45) is 0 Å². The second kappa shape index (κ2) is 6.64. The molecule has 1 aromatic heterocycles. The summed E-state index contributed by atoms with van der Waals surface area (Å²) in [6, 6.07) is 9.48. The van der Waals surface area contributed by atoms with E-state index in [1.165, 1.54) is 0 Å². The minimum Gasteiger partial charge on any atom is -0.487 e. The zero-order chi connectivity index (χ0) is 13.7. The van der Waals surface area contributed by atoms with Crippen LogP contribution in [-0.4, -0.2) is 6.54 Å². The molecule has 2 rings (SSSR count). The maximum Gasteiger partial charge on any atom is 0.138 e. The van der Waals surface area contributed by atoms with Gasteiger partial charge in [-0.15, -0.1) is 0 Å². The molecule has 3 nitrogen and oxygen atoms in total. The van der Waals surface area contributed by atoms with Crippen LogP contribution in [-0.2, 0) is 13.2 Å². The number of ether oxygens (including phenoxy) is 1. The van der Waals surface area contributed by atoms with Crippen molar-refractivity contribution in [1.82, 2.24) is 5.32 Å². The summed E-state index contributed by atoms with van der Waals surface area (Å²) in [7, 11) is 0. The lowest BCUT2D eigenvalue weighted by molar-refractivity contribution is 0.303. The van der Waals surface area contributed by atoms with Crippen LogP contribution in [0.1, 0.15) is 24.0 Å². The van der Waals surface area contributed by atoms with Crippen LogP contribution in [0.4, 0.5) is 0 Å². The third kappa shape index (κ3) is 3.75. The summed E-state index contributed by atoms with van der Waals surface area (Å²) in [5, 5.41) is 3.85. The zero-order valence-electron chi connectivity index (χ0n) is 11.2. The van der Waals surface area contributed by atoms with Gasteiger partial charge in [-0.25, -0.2) is 0 Å². The van der Waals surface area contributed by atoms with Gasteiger partial charge in [0, 0.05) is 5.56 Å². The van der Waals surface area contributed by atoms with E-state index < -0.39 is 0 Å². The molecule has 0 aliphatic heterocycles. The number of halogens is 1. The Hall–Kier alpha value is -1.45. The molecular formula is C15H18ClNO2. The third-order valence-electron chi connectivity index (χ3n) is 2.84. The molecule has 0 bridgehead atoms. The second-order valence-electron chi connectivity index (χ2n) is 4.29. The number of hydrogen-bond donors (Lipinski definition) is 1. The lowest BCUT2D eigenvalue weighted by Crippen LogP contribution is -2.10. The van der Waals surface area contributed by atoms with Crippen LogP contribution in [0.15, 0.2) is 34.7 Å². The molecule has 0 aliphatic carbocycles. The maximum absolute atomic E-state index is 6.05. The van der Waals surface area contributed by atoms with Crippen molar-refractivity contribution in [3.05, 3.63) is 52.4 Å². The van der Waals surface area contributed by atoms with E-state index in [1.807, 2.05) is 37.3 Å². The average Bonchev–Trinajstić information content (AvgIpc) is 2.76. The Morgan fingerprint density at radius 3 is 2.84 bits per heavy atom. The Balaban J connectivity index is 1.99. The fourth-order valence-electron chi connectivity index (χ4n) is 1.78. The van der Waals surface area contributed by atoms with Gasteiger partial charge in [-0.3, -0.25) is 0 Å². The van der Waals surface area contributed by atoms with E-state index in [9.17, 15) is 0 Å². The molecule has 1 aromatic carbocycles. The van der Waals surface area contributed by atoms with Gasteiger partial charge in [0.1, 0.15) is 23.9 Å². The van der Waals surface area contributed by atoms with E-state index in [4.69, 9.17) is 20.8 Å². The van der Waals surface area contributed by atoms with E-state index >= 15 is 0 Å². The van der Waals surface area contributed by atoms with Crippen LogP contribution in [0.25, 0.3) is 0 Å². The normalized spacial score (nSPS) is 10.7. The molecule has 0 saturated heterocycles. The summed E-state index contributed by atoms with van der Waals surface area (Å²) < 4.78 is 11.4. The highest BCUT2D eigenvalue weighted by molar-refractivity contribution is 6.32. The highest BCUT2D eigenvalue weighted by atomic mass is 35.5. The van der Waals surface area contributed by atoms with Crippen LogP contribution in [0, 0.1) is 6.92 Å². The number of para-hydroxylation sites is 1. The predicted molar refractivity (Wildman–Crippen MR) is 76.6 cm³/mol. The lowest BCUT2D eigenvalue weighted by atomic mass is 10.2. The molecule has 0 amide bonds. The summed E-state index contributed by atoms with van der Waals surface area (Å²) in [5.41, 5.74) is 1.05. The van der Waals surface area contributed by atoms with Crippen LogP contribution in [0.3, 0.4) is 0 Å². The van der Waals surface area contributed by atoms with Gasteiger partial charge in [0.05, 0.1) is 11.6 Å². The van der Waals surface area contributed by atoms with Crippen molar-refractivity contribution in [3.8, 4) is 5.75 Å². The molecule has 0 unspecified atom stereocenters. The van der Waals surface area contributed by atoms with E-state index in [0.717, 1.165) is 30.2 Å². The summed E-state index contributed by atoms with van der Waals surface area (Å²) >= 11 is 6.05. The number of furan rings is 1. The van der Waals surface area contributed by atoms with Crippen molar-refractivity contribution in [1.29, 1.82) is 0 Å². The Labute approximate surface area is 118 Å². The standard InChI is InChI=1S/C15H18ClNO2/c1-3-17-9-13-8-12(11(2)19-13)10-18-15-7-5-4-6-14(15)16/h4-8,17H,3,9-10H2,1-2H3. The molecule has 102 valence electrons. The number of rotatable bonds is 6. The predicted octanol–water partition coefficient (Wildman–Crippen LogP) is 3.93. The first-order valence-corrected chi connectivity index (χ1v) is 6.74. The van der Waals surface area contributed by atoms with Gasteiger partial charge >= 0.3 is 0 Å². The van der Waals surface area contributed by atoms with Crippen molar-refractivity contribution in [2.75, 3.05) is 6.54 Å². The van der Waals surface area contributed by atoms with Gasteiger partial charge in [0.25, 0.3) is 0 Å². The van der Waals surface area contributed by atoms with Crippen molar-refractivity contribution < 1.29 is 9.15 Å². The molecular weight excluding hydrogens is 262 g/mol. The molecule has 0 spiro atoms. The van der Waals surface area contributed by atoms with Gasteiger partial charge in [0.15, 0.2) is 0 Å². The van der Waals surface area contributed by atoms with Gasteiger partial charge < -0.3 is 14.5 Å². The SMILES string of the molecule is CCNCc1cc(COc2ccccc2Cl)c(C)o1. The second-order valence-corrected chi connectivity index (χ2v) is 4.70. The van der Waals surface area contributed by atoms with Gasteiger partial charge in [0.2, 0.25) is 0 Å². The quantitative estimate of drug-likeness (QED) is 0.870. The van der Waals surface area contributed by atoms with Gasteiger partial charge in [-0.2, -0.15) is 0 Å². The smallest absolute Gasteiger partial charge is 0.138 e. The van der Waals surface area contributed by atoms with E-state index in [2.05, 4.69) is 12.2 Å². The number of hydrogen-bond acceptors (Lipinski definition) is 3. The average molecular weight is 280 g/mol. The van der Waals surface area contributed by atoms with Crippen molar-refractivity contribution in [3.63, 3.8) is 0 Å². The topological polar surface area (TPSA) is 34.4 Å². The Kier molecular flexibility index (Phi) is 4.88. The highest BCUT2D eigenvalue weighted by Crippen LogP contribution is 2.25. The van der Waals surface area contributed by atoms with Crippen LogP contribution < -0.4 is 10.1 Å². The summed E-state index contributed by atoms with van der Waals surface area (Å²) in [4.78, 5) is 0. The first-order valence-electron chi connectivity index (χ1n) is 6.37. The molecule has 19 heavy (non-hydrogen) atoms. The van der Waals surface area contributed by atoms with E-state index in [1.54, 1.807) is 0 Å². The molecule has 4 heteroatoms. The molecule has 0 aliphatic rings. The minimum atomic E-state index is 0.463. The third-order valence-corrected chi connectivity index (χ3v) is 3.15. The Morgan fingerprint density at radius 2 is 2.11 bits per heavy atom. The van der Waals surface area contributed by atoms with E-state index in [-0.39, 0.29) is 0 Å². The van der Waals surface area contributed by atoms with Crippen LogP contribution in [0.2, 0.25) is 5.02 Å². The minimum absolute atomic E-state index is 0.463. The first kappa shape index (κ1) is 14.0. The summed E-state index contributed by atoms with van der Waals surface area (Å²) in [6.45, 7) is 6.14. The number of aryl methyl sites for hydroxylation is 1. The molecule has 0 radical (unpaired) electrons. The zero-order valence-corrected chi connectivity index (χ0v) is 12.0. The fraction of sp³-hybridized carbons (Fsp3) is 0.333. The van der Waals surface area contributed by atoms with Crippen molar-refractivity contribution in [2.45, 2.75) is 27.0 Å². The monoisotopic (exact) mass is 279 g/mol. The van der Waals surface area contributed by atoms with Crippen LogP contribution >= 0.6 is 11.6 Å². The molecule has 1 N–H and O–H groups in total. The Morgan fingerprint density at radius 1 is 1.32 bits per heavy atom. The van der Waals surface area contributed by atoms with Gasteiger partial charge in [-0.1, -0.05) is 30.7 Å². The van der Waals surface area contributed by atoms with Crippen LogP contribution in [0.5, 0.6) is 5.75 Å². The fourth-order valence-corrected chi connectivity index (χ4v) is 1.97. The van der Waals surface area contributed by atoms with E-state index in [0.29, 0.717) is 17.4 Å².